The van der Waals surface area contributed by atoms with Crippen LogP contribution in [0.15, 0.2) is 53.9 Å². The number of nitrogens with one attached hydrogen (secondary N) is 1. The lowest BCUT2D eigenvalue weighted by atomic mass is 10.2. The van der Waals surface area contributed by atoms with Crippen LogP contribution in [0.25, 0.3) is 10.6 Å². The van der Waals surface area contributed by atoms with Crippen LogP contribution in [0.4, 0.5) is 4.39 Å². The van der Waals surface area contributed by atoms with Gasteiger partial charge in [0.1, 0.15) is 10.8 Å². The lowest BCUT2D eigenvalue weighted by molar-refractivity contribution is -0.124. The summed E-state index contributed by atoms with van der Waals surface area (Å²) in [7, 11) is 0. The first kappa shape index (κ1) is 19.0. The number of halogens is 2. The summed E-state index contributed by atoms with van der Waals surface area (Å²) >= 11 is 7.22. The van der Waals surface area contributed by atoms with Gasteiger partial charge in [0.05, 0.1) is 0 Å². The summed E-state index contributed by atoms with van der Waals surface area (Å²) in [6.45, 7) is -0.462. The van der Waals surface area contributed by atoms with Gasteiger partial charge >= 0.3 is 5.97 Å². The van der Waals surface area contributed by atoms with Crippen LogP contribution in [0.1, 0.15) is 16.1 Å². The molecule has 0 aliphatic rings. The van der Waals surface area contributed by atoms with Gasteiger partial charge in [0.15, 0.2) is 12.3 Å². The molecule has 3 aromatic rings. The molecule has 0 bridgehead atoms. The lowest BCUT2D eigenvalue weighted by Gasteiger charge is -2.06. The number of esters is 1. The molecule has 0 saturated carbocycles. The molecule has 0 spiro atoms. The minimum atomic E-state index is -0.708. The smallest absolute Gasteiger partial charge is 0.358 e. The predicted molar refractivity (Wildman–Crippen MR) is 101 cm³/mol. The number of rotatable bonds is 6. The van der Waals surface area contributed by atoms with E-state index in [0.29, 0.717) is 15.6 Å². The lowest BCUT2D eigenvalue weighted by Crippen LogP contribution is -2.28. The Bertz CT molecular complexity index is 977. The molecule has 0 fully saturated rings. The largest absolute Gasteiger partial charge is 0.451 e. The van der Waals surface area contributed by atoms with Gasteiger partial charge in [-0.3, -0.25) is 4.79 Å². The van der Waals surface area contributed by atoms with Gasteiger partial charge in [0.2, 0.25) is 0 Å². The van der Waals surface area contributed by atoms with Crippen LogP contribution in [-0.2, 0) is 16.1 Å². The minimum absolute atomic E-state index is 0.0126. The van der Waals surface area contributed by atoms with Crippen LogP contribution in [0.2, 0.25) is 5.02 Å². The molecular weight excluding hydrogens is 391 g/mol. The third-order valence-electron chi connectivity index (χ3n) is 3.55. The number of aromatic nitrogens is 1. The van der Waals surface area contributed by atoms with Gasteiger partial charge in [-0.25, -0.2) is 14.2 Å². The van der Waals surface area contributed by atoms with E-state index in [9.17, 15) is 14.0 Å². The number of carbonyl (C=O) groups excluding carboxylic acids is 2. The van der Waals surface area contributed by atoms with E-state index in [-0.39, 0.29) is 12.2 Å². The van der Waals surface area contributed by atoms with Crippen LogP contribution >= 0.6 is 22.9 Å². The zero-order valence-corrected chi connectivity index (χ0v) is 15.5. The maximum Gasteiger partial charge on any atom is 0.358 e. The van der Waals surface area contributed by atoms with Gasteiger partial charge in [0.25, 0.3) is 5.91 Å². The highest BCUT2D eigenvalue weighted by atomic mass is 35.5. The molecule has 1 amide bonds. The van der Waals surface area contributed by atoms with E-state index in [1.807, 2.05) is 6.07 Å². The molecule has 0 aliphatic heterocycles. The first-order valence-electron chi connectivity index (χ1n) is 7.91. The highest BCUT2D eigenvalue weighted by molar-refractivity contribution is 7.13. The van der Waals surface area contributed by atoms with Gasteiger partial charge in [-0.1, -0.05) is 41.9 Å². The summed E-state index contributed by atoms with van der Waals surface area (Å²) in [4.78, 5) is 28.0. The number of nitrogens with zero attached hydrogens (tertiary/aromatic N) is 1. The Hall–Kier alpha value is -2.77. The first-order valence-corrected chi connectivity index (χ1v) is 9.17. The van der Waals surface area contributed by atoms with Crippen LogP contribution in [0.3, 0.4) is 0 Å². The van der Waals surface area contributed by atoms with E-state index < -0.39 is 24.3 Å². The van der Waals surface area contributed by atoms with Crippen molar-refractivity contribution in [2.75, 3.05) is 6.61 Å². The molecule has 5 nitrogen and oxygen atoms in total. The molecule has 0 unspecified atom stereocenters. The fourth-order valence-electron chi connectivity index (χ4n) is 2.21. The third kappa shape index (κ3) is 5.12. The predicted octanol–water partition coefficient (Wildman–Crippen LogP) is 4.08. The SMILES string of the molecule is O=C(COC(=O)c1csc(-c2cccc(Cl)c2)n1)NCc1ccccc1F. The van der Waals surface area contributed by atoms with Crippen LogP contribution in [0, 0.1) is 5.82 Å². The average Bonchev–Trinajstić information content (AvgIpc) is 3.16. The fourth-order valence-corrected chi connectivity index (χ4v) is 3.19. The number of benzene rings is 2. The van der Waals surface area contributed by atoms with E-state index in [4.69, 9.17) is 16.3 Å². The maximum atomic E-state index is 13.5. The van der Waals surface area contributed by atoms with E-state index >= 15 is 0 Å². The topological polar surface area (TPSA) is 68.3 Å². The van der Waals surface area contributed by atoms with Gasteiger partial charge < -0.3 is 10.1 Å². The minimum Gasteiger partial charge on any atom is -0.451 e. The Morgan fingerprint density at radius 1 is 1.19 bits per heavy atom. The van der Waals surface area contributed by atoms with Crippen molar-refractivity contribution in [3.8, 4) is 10.6 Å². The van der Waals surface area contributed by atoms with E-state index in [2.05, 4.69) is 10.3 Å². The van der Waals surface area contributed by atoms with Gasteiger partial charge in [-0.2, -0.15) is 0 Å². The first-order chi connectivity index (χ1) is 13.0. The molecule has 0 radical (unpaired) electrons. The molecule has 0 atom stereocenters. The number of hydrogen-bond donors (Lipinski definition) is 1. The van der Waals surface area contributed by atoms with Crippen LogP contribution < -0.4 is 5.32 Å². The van der Waals surface area contributed by atoms with Crippen molar-refractivity contribution in [3.05, 3.63) is 76.0 Å². The standard InChI is InChI=1S/C19H14ClFN2O3S/c20-14-6-3-5-12(8-14)18-23-16(11-27-18)19(25)26-10-17(24)22-9-13-4-1-2-7-15(13)21/h1-8,11H,9-10H2,(H,22,24). The second kappa shape index (κ2) is 8.75. The van der Waals surface area contributed by atoms with Crippen molar-refractivity contribution in [3.63, 3.8) is 0 Å². The second-order valence-corrected chi connectivity index (χ2v) is 6.79. The molecule has 2 aromatic carbocycles. The monoisotopic (exact) mass is 404 g/mol. The Labute approximate surface area is 163 Å². The zero-order chi connectivity index (χ0) is 19.2. The highest BCUT2D eigenvalue weighted by Crippen LogP contribution is 2.26. The second-order valence-electron chi connectivity index (χ2n) is 5.49. The van der Waals surface area contributed by atoms with Crippen molar-refractivity contribution >= 4 is 34.8 Å². The summed E-state index contributed by atoms with van der Waals surface area (Å²) in [6, 6.07) is 13.2. The fraction of sp³-hybridized carbons (Fsp3) is 0.105. The van der Waals surface area contributed by atoms with Crippen LogP contribution in [-0.4, -0.2) is 23.5 Å². The molecule has 0 aliphatic carbocycles. The van der Waals surface area contributed by atoms with Crippen molar-refractivity contribution < 1.29 is 18.7 Å². The quantitative estimate of drug-likeness (QED) is 0.629. The number of thiazole rings is 1. The summed E-state index contributed by atoms with van der Waals surface area (Å²) in [5.41, 5.74) is 1.24. The summed E-state index contributed by atoms with van der Waals surface area (Å²) in [5, 5.41) is 5.23. The molecule has 27 heavy (non-hydrogen) atoms. The van der Waals surface area contributed by atoms with Crippen molar-refractivity contribution in [1.82, 2.24) is 10.3 Å². The van der Waals surface area contributed by atoms with Crippen molar-refractivity contribution in [1.29, 1.82) is 0 Å². The van der Waals surface area contributed by atoms with Crippen molar-refractivity contribution in [2.45, 2.75) is 6.54 Å². The molecule has 0 saturated heterocycles. The normalized spacial score (nSPS) is 10.4. The average molecular weight is 405 g/mol. The van der Waals surface area contributed by atoms with E-state index in [0.717, 1.165) is 5.56 Å². The number of hydrogen-bond acceptors (Lipinski definition) is 5. The van der Waals surface area contributed by atoms with E-state index in [1.165, 1.54) is 17.4 Å². The maximum absolute atomic E-state index is 13.5. The summed E-state index contributed by atoms with van der Waals surface area (Å²) in [5.74, 6) is -1.65. The molecule has 138 valence electrons. The zero-order valence-electron chi connectivity index (χ0n) is 13.9. The summed E-state index contributed by atoms with van der Waals surface area (Å²) < 4.78 is 18.4. The number of ether oxygens (including phenoxy) is 1. The summed E-state index contributed by atoms with van der Waals surface area (Å²) in [6.07, 6.45) is 0. The van der Waals surface area contributed by atoms with Gasteiger partial charge in [0, 0.05) is 28.1 Å². The molecule has 8 heteroatoms. The third-order valence-corrected chi connectivity index (χ3v) is 4.68. The van der Waals surface area contributed by atoms with E-state index in [1.54, 1.807) is 41.8 Å². The van der Waals surface area contributed by atoms with Crippen molar-refractivity contribution in [2.24, 2.45) is 0 Å². The van der Waals surface area contributed by atoms with Crippen LogP contribution in [0.5, 0.6) is 0 Å². The van der Waals surface area contributed by atoms with Gasteiger partial charge in [-0.15, -0.1) is 11.3 Å². The molecule has 3 rings (SSSR count). The van der Waals surface area contributed by atoms with Gasteiger partial charge in [-0.05, 0) is 18.2 Å². The molecule has 1 aromatic heterocycles. The highest BCUT2D eigenvalue weighted by Gasteiger charge is 2.15. The Morgan fingerprint density at radius 2 is 2.00 bits per heavy atom. The number of carbonyl (C=O) groups is 2. The number of amides is 1. The molecule has 1 heterocycles. The Morgan fingerprint density at radius 3 is 2.78 bits per heavy atom. The Kier molecular flexibility index (Phi) is 6.16. The molecular formula is C19H14ClFN2O3S. The Balaban J connectivity index is 1.52. The molecule has 1 N–H and O–H groups in total.